The monoisotopic (exact) mass is 208 g/mol. The summed E-state index contributed by atoms with van der Waals surface area (Å²) in [7, 11) is 3.02. The summed E-state index contributed by atoms with van der Waals surface area (Å²) in [5.41, 5.74) is 0. The summed E-state index contributed by atoms with van der Waals surface area (Å²) in [5, 5.41) is 8.23. The molecule has 6 heteroatoms. The second-order valence-corrected chi connectivity index (χ2v) is 2.42. The molecule has 0 bridgehead atoms. The lowest BCUT2D eigenvalue weighted by Crippen LogP contribution is -2.21. The summed E-state index contributed by atoms with van der Waals surface area (Å²) < 4.78 is 19.6. The van der Waals surface area contributed by atoms with Crippen LogP contribution in [0.4, 0.5) is 0 Å². The molecule has 0 aromatic rings. The molecular formula is C8H16O6. The molecule has 14 heavy (non-hydrogen) atoms. The van der Waals surface area contributed by atoms with E-state index in [-0.39, 0.29) is 13.2 Å². The second kappa shape index (κ2) is 8.89. The van der Waals surface area contributed by atoms with Crippen LogP contribution < -0.4 is 0 Å². The molecule has 0 aromatic heterocycles. The Morgan fingerprint density at radius 1 is 1.21 bits per heavy atom. The van der Waals surface area contributed by atoms with Crippen LogP contribution in [0.15, 0.2) is 0 Å². The molecule has 0 saturated carbocycles. The van der Waals surface area contributed by atoms with E-state index in [9.17, 15) is 4.79 Å². The van der Waals surface area contributed by atoms with Gasteiger partial charge in [-0.05, 0) is 0 Å². The van der Waals surface area contributed by atoms with Gasteiger partial charge in [0.1, 0.15) is 6.61 Å². The molecule has 0 unspecified atom stereocenters. The van der Waals surface area contributed by atoms with Crippen molar-refractivity contribution in [2.75, 3.05) is 40.6 Å². The lowest BCUT2D eigenvalue weighted by atomic mass is 10.6. The fraction of sp³-hybridized carbons (Fsp3) is 0.875. The zero-order chi connectivity index (χ0) is 10.8. The van der Waals surface area contributed by atoms with E-state index in [4.69, 9.17) is 24.1 Å². The Bertz CT molecular complexity index is 145. The first kappa shape index (κ1) is 13.3. The number of carbonyl (C=O) groups is 1. The molecule has 0 heterocycles. The SMILES string of the molecule is COC(COCCOCC(=O)O)OC. The van der Waals surface area contributed by atoms with Crippen LogP contribution >= 0.6 is 0 Å². The minimum absolute atomic E-state index is 0.243. The van der Waals surface area contributed by atoms with Crippen molar-refractivity contribution in [3.8, 4) is 0 Å². The maximum absolute atomic E-state index is 10.0. The van der Waals surface area contributed by atoms with Crippen LogP contribution in [0.25, 0.3) is 0 Å². The van der Waals surface area contributed by atoms with Crippen LogP contribution in [0.5, 0.6) is 0 Å². The average molecular weight is 208 g/mol. The van der Waals surface area contributed by atoms with Crippen molar-refractivity contribution >= 4 is 5.97 Å². The number of hydrogen-bond acceptors (Lipinski definition) is 5. The first-order valence-corrected chi connectivity index (χ1v) is 4.13. The Labute approximate surface area is 82.7 Å². The van der Waals surface area contributed by atoms with Crippen molar-refractivity contribution in [1.82, 2.24) is 0 Å². The van der Waals surface area contributed by atoms with Crippen LogP contribution in [0.3, 0.4) is 0 Å². The van der Waals surface area contributed by atoms with E-state index >= 15 is 0 Å². The van der Waals surface area contributed by atoms with Crippen molar-refractivity contribution in [1.29, 1.82) is 0 Å². The molecule has 1 N–H and O–H groups in total. The Balaban J connectivity index is 3.16. The van der Waals surface area contributed by atoms with E-state index in [0.717, 1.165) is 0 Å². The average Bonchev–Trinajstić information content (AvgIpc) is 2.16. The highest BCUT2D eigenvalue weighted by Gasteiger charge is 2.04. The summed E-state index contributed by atoms with van der Waals surface area (Å²) in [6.07, 6.45) is -0.394. The molecule has 0 aliphatic carbocycles. The van der Waals surface area contributed by atoms with Crippen LogP contribution in [-0.4, -0.2) is 58.0 Å². The van der Waals surface area contributed by atoms with Crippen LogP contribution in [0.2, 0.25) is 0 Å². The summed E-state index contributed by atoms with van der Waals surface area (Å²) in [5.74, 6) is -0.989. The Morgan fingerprint density at radius 3 is 2.29 bits per heavy atom. The smallest absolute Gasteiger partial charge is 0.329 e. The molecule has 84 valence electrons. The van der Waals surface area contributed by atoms with Crippen LogP contribution in [0.1, 0.15) is 0 Å². The van der Waals surface area contributed by atoms with Crippen molar-refractivity contribution in [2.24, 2.45) is 0 Å². The number of carboxylic acids is 1. The van der Waals surface area contributed by atoms with Crippen LogP contribution in [-0.2, 0) is 23.7 Å². The van der Waals surface area contributed by atoms with E-state index in [1.54, 1.807) is 0 Å². The van der Waals surface area contributed by atoms with Gasteiger partial charge in [-0.25, -0.2) is 4.79 Å². The first-order valence-electron chi connectivity index (χ1n) is 4.13. The standard InChI is InChI=1S/C8H16O6/c1-11-8(12-2)6-14-4-3-13-5-7(9)10/h8H,3-6H2,1-2H3,(H,9,10). The molecule has 0 atom stereocenters. The molecule has 0 aliphatic heterocycles. The van der Waals surface area contributed by atoms with Gasteiger partial charge >= 0.3 is 5.97 Å². The molecule has 0 spiro atoms. The molecule has 6 nitrogen and oxygen atoms in total. The van der Waals surface area contributed by atoms with Crippen LogP contribution in [0, 0.1) is 0 Å². The van der Waals surface area contributed by atoms with Gasteiger partial charge in [0.05, 0.1) is 19.8 Å². The van der Waals surface area contributed by atoms with Gasteiger partial charge in [-0.15, -0.1) is 0 Å². The van der Waals surface area contributed by atoms with E-state index in [1.807, 2.05) is 0 Å². The van der Waals surface area contributed by atoms with Gasteiger partial charge in [-0.2, -0.15) is 0 Å². The minimum Gasteiger partial charge on any atom is -0.480 e. The predicted molar refractivity (Wildman–Crippen MR) is 47.1 cm³/mol. The predicted octanol–water partition coefficient (Wildman–Crippen LogP) is -0.277. The molecule has 0 saturated heterocycles. The Kier molecular flexibility index (Phi) is 8.45. The quantitative estimate of drug-likeness (QED) is 0.415. The molecule has 0 aromatic carbocycles. The van der Waals surface area contributed by atoms with E-state index in [0.29, 0.717) is 13.2 Å². The summed E-state index contributed by atoms with van der Waals surface area (Å²) in [6, 6.07) is 0. The molecule has 0 radical (unpaired) electrons. The highest BCUT2D eigenvalue weighted by Crippen LogP contribution is 1.91. The zero-order valence-corrected chi connectivity index (χ0v) is 8.39. The molecule has 0 fully saturated rings. The Hall–Kier alpha value is -0.690. The molecule has 0 aliphatic rings. The van der Waals surface area contributed by atoms with Gasteiger partial charge in [0.25, 0.3) is 0 Å². The van der Waals surface area contributed by atoms with Gasteiger partial charge in [0, 0.05) is 14.2 Å². The largest absolute Gasteiger partial charge is 0.480 e. The molecule has 0 rings (SSSR count). The Morgan fingerprint density at radius 2 is 1.79 bits per heavy atom. The number of carboxylic acid groups (broad SMARTS) is 1. The second-order valence-electron chi connectivity index (χ2n) is 2.42. The van der Waals surface area contributed by atoms with Gasteiger partial charge in [0.15, 0.2) is 6.29 Å². The maximum atomic E-state index is 10.0. The van der Waals surface area contributed by atoms with Gasteiger partial charge in [-0.3, -0.25) is 0 Å². The van der Waals surface area contributed by atoms with Crippen molar-refractivity contribution in [2.45, 2.75) is 6.29 Å². The van der Waals surface area contributed by atoms with E-state index < -0.39 is 12.3 Å². The fourth-order valence-electron chi connectivity index (χ4n) is 0.689. The number of ether oxygens (including phenoxy) is 4. The van der Waals surface area contributed by atoms with E-state index in [1.165, 1.54) is 14.2 Å². The third-order valence-electron chi connectivity index (χ3n) is 1.38. The fourth-order valence-corrected chi connectivity index (χ4v) is 0.689. The zero-order valence-electron chi connectivity index (χ0n) is 8.39. The summed E-state index contributed by atoms with van der Waals surface area (Å²) in [6.45, 7) is 0.549. The van der Waals surface area contributed by atoms with Crippen molar-refractivity contribution in [3.63, 3.8) is 0 Å². The van der Waals surface area contributed by atoms with Gasteiger partial charge < -0.3 is 24.1 Å². The lowest BCUT2D eigenvalue weighted by molar-refractivity contribution is -0.148. The molecule has 0 amide bonds. The third-order valence-corrected chi connectivity index (χ3v) is 1.38. The summed E-state index contributed by atoms with van der Waals surface area (Å²) in [4.78, 5) is 10.0. The van der Waals surface area contributed by atoms with Crippen molar-refractivity contribution in [3.05, 3.63) is 0 Å². The van der Waals surface area contributed by atoms with Crippen molar-refractivity contribution < 1.29 is 28.8 Å². The summed E-state index contributed by atoms with van der Waals surface area (Å²) >= 11 is 0. The van der Waals surface area contributed by atoms with Gasteiger partial charge in [-0.1, -0.05) is 0 Å². The lowest BCUT2D eigenvalue weighted by Gasteiger charge is -2.13. The minimum atomic E-state index is -0.989. The van der Waals surface area contributed by atoms with Gasteiger partial charge in [0.2, 0.25) is 0 Å². The topological polar surface area (TPSA) is 74.2 Å². The van der Waals surface area contributed by atoms with E-state index in [2.05, 4.69) is 0 Å². The first-order chi connectivity index (χ1) is 6.70. The number of rotatable bonds is 9. The molecular weight excluding hydrogens is 192 g/mol. The maximum Gasteiger partial charge on any atom is 0.329 e. The number of methoxy groups -OCH3 is 2. The third kappa shape index (κ3) is 7.93. The number of aliphatic carboxylic acids is 1. The highest BCUT2D eigenvalue weighted by molar-refractivity contribution is 5.67. The highest BCUT2D eigenvalue weighted by atomic mass is 16.7. The normalized spacial score (nSPS) is 10.8. The number of hydrogen-bond donors (Lipinski definition) is 1.